The van der Waals surface area contributed by atoms with Crippen LogP contribution < -0.4 is 10.6 Å². The maximum Gasteiger partial charge on any atom is 0.471 e. The maximum atomic E-state index is 14.8. The third-order valence-electron chi connectivity index (χ3n) is 17.4. The third kappa shape index (κ3) is 30.8. The number of carbonyl (C=O) groups excluding carboxylic acids is 2. The van der Waals surface area contributed by atoms with Gasteiger partial charge in [-0.1, -0.05) is 311 Å². The van der Waals surface area contributed by atoms with E-state index in [9.17, 15) is 22.8 Å². The second kappa shape index (κ2) is 46.0. The summed E-state index contributed by atoms with van der Waals surface area (Å²) in [4.78, 5) is 25.9. The zero-order valence-electron chi connectivity index (χ0n) is 56.3. The first-order valence-electron chi connectivity index (χ1n) is 35.4. The molecule has 2 N–H and O–H groups in total. The zero-order chi connectivity index (χ0) is 66.6. The van der Waals surface area contributed by atoms with Gasteiger partial charge in [-0.15, -0.1) is 0 Å². The number of carbonyl (C=O) groups is 2. The number of nitrogens with one attached hydrogen (secondary N) is 2. The van der Waals surface area contributed by atoms with E-state index < -0.39 is 61.0 Å². The molecular weight excluding hydrogens is 1210 g/mol. The van der Waals surface area contributed by atoms with Gasteiger partial charge in [0.2, 0.25) is 5.91 Å². The SMILES string of the molecule is CCCCCCCCCCCCCC[C@@H](OCc1ccccc1)[C@@H](OCc1ccccc1)[C@H](CO[C@H]1OC(COCc2ccccc2)[C@H](OCc2ccccc2)[C@H](OCc2ccccc2)[C@H]1OCc1ccccc1)NC(=O)CCCCCCCCCCCNC(=O)C(F)(F)F. The summed E-state index contributed by atoms with van der Waals surface area (Å²) in [6, 6.07) is 59.7. The van der Waals surface area contributed by atoms with Crippen molar-refractivity contribution in [1.29, 1.82) is 0 Å². The van der Waals surface area contributed by atoms with E-state index in [0.29, 0.717) is 32.5 Å². The summed E-state index contributed by atoms with van der Waals surface area (Å²) >= 11 is 0. The molecule has 0 radical (unpaired) electrons. The van der Waals surface area contributed by atoms with Gasteiger partial charge in [-0.05, 0) is 52.6 Å². The van der Waals surface area contributed by atoms with Gasteiger partial charge in [0.05, 0.1) is 65.0 Å². The first-order chi connectivity index (χ1) is 46.6. The lowest BCUT2D eigenvalue weighted by Gasteiger charge is -2.46. The van der Waals surface area contributed by atoms with Gasteiger partial charge in [0.15, 0.2) is 6.29 Å². The minimum atomic E-state index is -4.87. The smallest absolute Gasteiger partial charge is 0.374 e. The van der Waals surface area contributed by atoms with Gasteiger partial charge < -0.3 is 48.5 Å². The van der Waals surface area contributed by atoms with Gasteiger partial charge >= 0.3 is 12.1 Å². The molecule has 6 aromatic carbocycles. The highest BCUT2D eigenvalue weighted by atomic mass is 19.4. The average Bonchev–Trinajstić information content (AvgIpc) is 0.821. The number of unbranched alkanes of at least 4 members (excludes halogenated alkanes) is 19. The number of alkyl halides is 3. The van der Waals surface area contributed by atoms with Crippen LogP contribution in [0.4, 0.5) is 13.2 Å². The van der Waals surface area contributed by atoms with Crippen molar-refractivity contribution in [3.63, 3.8) is 0 Å². The Morgan fingerprint density at radius 2 is 0.832 bits per heavy atom. The van der Waals surface area contributed by atoms with E-state index in [1.165, 1.54) is 57.8 Å². The molecule has 0 aliphatic carbocycles. The molecule has 95 heavy (non-hydrogen) atoms. The van der Waals surface area contributed by atoms with E-state index in [2.05, 4.69) is 24.4 Å². The first kappa shape index (κ1) is 76.1. The van der Waals surface area contributed by atoms with Crippen LogP contribution >= 0.6 is 0 Å². The number of hydrogen-bond acceptors (Lipinski definition) is 10. The topological polar surface area (TPSA) is 132 Å². The Labute approximate surface area is 565 Å². The molecule has 1 unspecified atom stereocenters. The first-order valence-corrected chi connectivity index (χ1v) is 35.4. The molecular formula is C80H107F3N2O10. The molecule has 518 valence electrons. The predicted molar refractivity (Wildman–Crippen MR) is 369 cm³/mol. The molecule has 0 spiro atoms. The van der Waals surface area contributed by atoms with Crippen molar-refractivity contribution in [3.8, 4) is 0 Å². The van der Waals surface area contributed by atoms with Gasteiger partial charge in [0.1, 0.15) is 30.5 Å². The highest BCUT2D eigenvalue weighted by Crippen LogP contribution is 2.33. The van der Waals surface area contributed by atoms with Crippen molar-refractivity contribution in [2.45, 2.75) is 249 Å². The molecule has 1 fully saturated rings. The van der Waals surface area contributed by atoms with Crippen LogP contribution in [0.3, 0.4) is 0 Å². The molecule has 8 atom stereocenters. The summed E-state index contributed by atoms with van der Waals surface area (Å²) in [5.74, 6) is -2.03. The van der Waals surface area contributed by atoms with E-state index in [-0.39, 0.29) is 58.5 Å². The van der Waals surface area contributed by atoms with Crippen molar-refractivity contribution in [1.82, 2.24) is 10.6 Å². The van der Waals surface area contributed by atoms with E-state index in [1.54, 1.807) is 0 Å². The van der Waals surface area contributed by atoms with Crippen LogP contribution in [-0.2, 0) is 87.1 Å². The van der Waals surface area contributed by atoms with Crippen LogP contribution in [0.5, 0.6) is 0 Å². The summed E-state index contributed by atoms with van der Waals surface area (Å²) in [7, 11) is 0. The minimum absolute atomic E-state index is 0.00759. The van der Waals surface area contributed by atoms with Crippen LogP contribution in [0, 0.1) is 0 Å². The van der Waals surface area contributed by atoms with Crippen LogP contribution in [-0.4, -0.2) is 86.7 Å². The molecule has 1 aliphatic rings. The number of benzene rings is 6. The average molecular weight is 1310 g/mol. The molecule has 6 aromatic rings. The summed E-state index contributed by atoms with van der Waals surface area (Å²) in [6.45, 7) is 4.03. The van der Waals surface area contributed by atoms with Crippen molar-refractivity contribution < 1.29 is 60.7 Å². The standard InChI is InChI=1S/C80H107F3N2O10/c1-2-3-4-5-6-7-8-9-11-14-17-38-53-71(89-57-65-43-28-21-29-44-65)74(90-58-66-45-30-22-31-46-66)70(85-73(86)54-39-18-15-12-10-13-16-19-40-55-84-79(87)80(81,82)83)62-94-78-77(93-61-69-51-36-25-37-52-69)76(92-60-68-49-34-24-35-50-68)75(91-59-67-47-32-23-33-48-67)72(95-78)63-88-56-64-41-26-20-27-42-64/h20-37,41-52,70-72,74-78H,2-19,38-40,53-63H2,1H3,(H,84,87)(H,85,86)/t70-,71+,72?,74-,75-,76-,77+,78-/m0/s1. The fraction of sp³-hybridized carbons (Fsp3) is 0.525. The molecule has 15 heteroatoms. The van der Waals surface area contributed by atoms with Crippen LogP contribution in [0.1, 0.15) is 188 Å². The van der Waals surface area contributed by atoms with E-state index >= 15 is 0 Å². The second-order valence-electron chi connectivity index (χ2n) is 25.3. The molecule has 12 nitrogen and oxygen atoms in total. The summed E-state index contributed by atoms with van der Waals surface area (Å²) in [5, 5.41) is 5.43. The Morgan fingerprint density at radius 3 is 1.29 bits per heavy atom. The van der Waals surface area contributed by atoms with Crippen LogP contribution in [0.25, 0.3) is 0 Å². The molecule has 1 heterocycles. The van der Waals surface area contributed by atoms with Crippen molar-refractivity contribution in [2.75, 3.05) is 19.8 Å². The van der Waals surface area contributed by atoms with Crippen molar-refractivity contribution in [3.05, 3.63) is 215 Å². The van der Waals surface area contributed by atoms with E-state index in [1.807, 2.05) is 175 Å². The lowest BCUT2D eigenvalue weighted by molar-refractivity contribution is -0.330. The van der Waals surface area contributed by atoms with Gasteiger partial charge in [-0.2, -0.15) is 13.2 Å². The monoisotopic (exact) mass is 1310 g/mol. The second-order valence-corrected chi connectivity index (χ2v) is 25.3. The number of rotatable bonds is 50. The van der Waals surface area contributed by atoms with Crippen molar-refractivity contribution in [2.24, 2.45) is 0 Å². The molecule has 0 bridgehead atoms. The van der Waals surface area contributed by atoms with Gasteiger partial charge in [-0.3, -0.25) is 9.59 Å². The number of ether oxygens (including phenoxy) is 8. The fourth-order valence-electron chi connectivity index (χ4n) is 12.1. The Morgan fingerprint density at radius 1 is 0.442 bits per heavy atom. The van der Waals surface area contributed by atoms with Crippen LogP contribution in [0.15, 0.2) is 182 Å². The quantitative estimate of drug-likeness (QED) is 0.0356. The van der Waals surface area contributed by atoms with Gasteiger partial charge in [0, 0.05) is 13.0 Å². The molecule has 1 saturated heterocycles. The van der Waals surface area contributed by atoms with Gasteiger partial charge in [-0.25, -0.2) is 0 Å². The minimum Gasteiger partial charge on any atom is -0.374 e. The Kier molecular flexibility index (Phi) is 36.9. The largest absolute Gasteiger partial charge is 0.471 e. The van der Waals surface area contributed by atoms with Gasteiger partial charge in [0.25, 0.3) is 0 Å². The summed E-state index contributed by atoms with van der Waals surface area (Å²) in [6.07, 6.45) is 12.9. The lowest BCUT2D eigenvalue weighted by Crippen LogP contribution is -2.62. The maximum absolute atomic E-state index is 14.8. The molecule has 1 aliphatic heterocycles. The molecule has 0 aromatic heterocycles. The Balaban J connectivity index is 1.17. The Hall–Kier alpha value is -6.27. The normalized spacial score (nSPS) is 17.5. The summed E-state index contributed by atoms with van der Waals surface area (Å²) < 4.78 is 94.4. The number of amides is 2. The highest BCUT2D eigenvalue weighted by molar-refractivity contribution is 5.81. The highest BCUT2D eigenvalue weighted by Gasteiger charge is 2.50. The van der Waals surface area contributed by atoms with Crippen LogP contribution in [0.2, 0.25) is 0 Å². The number of hydrogen-bond donors (Lipinski definition) is 2. The fourth-order valence-corrected chi connectivity index (χ4v) is 12.1. The van der Waals surface area contributed by atoms with E-state index in [4.69, 9.17) is 37.9 Å². The third-order valence-corrected chi connectivity index (χ3v) is 17.4. The van der Waals surface area contributed by atoms with Crippen molar-refractivity contribution >= 4 is 11.8 Å². The molecule has 7 rings (SSSR count). The zero-order valence-corrected chi connectivity index (χ0v) is 56.3. The predicted octanol–water partition coefficient (Wildman–Crippen LogP) is 18.0. The lowest BCUT2D eigenvalue weighted by atomic mass is 9.97. The molecule has 0 saturated carbocycles. The number of halogens is 3. The van der Waals surface area contributed by atoms with E-state index in [0.717, 1.165) is 97.6 Å². The molecule has 2 amide bonds. The Bertz CT molecular complexity index is 2880. The summed E-state index contributed by atoms with van der Waals surface area (Å²) in [5.41, 5.74) is 5.93.